The minimum absolute atomic E-state index is 0.171. The molecule has 3 heteroatoms. The van der Waals surface area contributed by atoms with Crippen LogP contribution in [-0.4, -0.2) is 23.5 Å². The number of nitrogens with zero attached hydrogens (tertiary/aromatic N) is 1. The van der Waals surface area contributed by atoms with Gasteiger partial charge in [0.2, 0.25) is 0 Å². The van der Waals surface area contributed by atoms with E-state index in [1.165, 1.54) is 30.6 Å². The van der Waals surface area contributed by atoms with Crippen LogP contribution in [0.1, 0.15) is 51.3 Å². The van der Waals surface area contributed by atoms with Gasteiger partial charge in [0.15, 0.2) is 0 Å². The molecule has 1 aromatic heterocycles. The van der Waals surface area contributed by atoms with Crippen LogP contribution in [0.5, 0.6) is 0 Å². The maximum atomic E-state index is 6.28. The normalized spacial score (nSPS) is 26.8. The molecule has 1 saturated carbocycles. The molecule has 0 bridgehead atoms. The van der Waals surface area contributed by atoms with Crippen molar-refractivity contribution in [2.45, 2.75) is 58.5 Å². The second-order valence-corrected chi connectivity index (χ2v) is 7.45. The molecule has 1 aliphatic carbocycles. The third kappa shape index (κ3) is 2.74. The monoisotopic (exact) mass is 280 g/mol. The van der Waals surface area contributed by atoms with Crippen LogP contribution in [-0.2, 0) is 6.54 Å². The molecular weight excluding hydrogens is 252 g/mol. The summed E-state index contributed by atoms with van der Waals surface area (Å²) in [4.78, 5) is 4.09. The number of hydrogen-bond donors (Lipinski definition) is 1. The first-order chi connectivity index (χ1) is 9.05. The van der Waals surface area contributed by atoms with E-state index in [1.54, 1.807) is 0 Å². The summed E-state index contributed by atoms with van der Waals surface area (Å²) < 4.78 is 0. The van der Waals surface area contributed by atoms with Crippen LogP contribution in [0.3, 0.4) is 0 Å². The molecule has 1 atom stereocenters. The van der Waals surface area contributed by atoms with E-state index in [9.17, 15) is 0 Å². The number of hydrogen-bond acceptors (Lipinski definition) is 3. The van der Waals surface area contributed by atoms with E-state index in [4.69, 9.17) is 5.73 Å². The van der Waals surface area contributed by atoms with E-state index >= 15 is 0 Å². The van der Waals surface area contributed by atoms with Gasteiger partial charge < -0.3 is 5.73 Å². The van der Waals surface area contributed by atoms with Crippen molar-refractivity contribution in [2.24, 2.45) is 11.1 Å². The highest BCUT2D eigenvalue weighted by Crippen LogP contribution is 2.47. The average Bonchev–Trinajstić information content (AvgIpc) is 2.89. The van der Waals surface area contributed by atoms with Crippen LogP contribution in [0.4, 0.5) is 0 Å². The molecule has 0 radical (unpaired) electrons. The molecule has 2 nitrogen and oxygen atoms in total. The van der Waals surface area contributed by atoms with Gasteiger partial charge in [-0.15, -0.1) is 11.3 Å². The third-order valence-corrected chi connectivity index (χ3v) is 6.01. The van der Waals surface area contributed by atoms with Gasteiger partial charge in [-0.25, -0.2) is 0 Å². The average molecular weight is 280 g/mol. The summed E-state index contributed by atoms with van der Waals surface area (Å²) in [5.74, 6) is 0. The van der Waals surface area contributed by atoms with Gasteiger partial charge in [-0.2, -0.15) is 0 Å². The van der Waals surface area contributed by atoms with Crippen molar-refractivity contribution in [3.8, 4) is 0 Å². The zero-order valence-corrected chi connectivity index (χ0v) is 13.4. The molecule has 1 aromatic rings. The Morgan fingerprint density at radius 3 is 2.58 bits per heavy atom. The summed E-state index contributed by atoms with van der Waals surface area (Å²) in [6.45, 7) is 10.0. The lowest BCUT2D eigenvalue weighted by Crippen LogP contribution is -2.63. The summed E-state index contributed by atoms with van der Waals surface area (Å²) in [6, 6.07) is 4.39. The molecule has 1 unspecified atom stereocenters. The summed E-state index contributed by atoms with van der Waals surface area (Å²) >= 11 is 1.86. The van der Waals surface area contributed by atoms with Gasteiger partial charge in [-0.1, -0.05) is 39.7 Å². The Morgan fingerprint density at radius 2 is 2.05 bits per heavy atom. The molecule has 0 saturated heterocycles. The molecule has 1 fully saturated rings. The Balaban J connectivity index is 2.26. The molecule has 108 valence electrons. The quantitative estimate of drug-likeness (QED) is 0.887. The first kappa shape index (κ1) is 15.0. The predicted octanol–water partition coefficient (Wildman–Crippen LogP) is 3.87. The van der Waals surface area contributed by atoms with Gasteiger partial charge in [-0.3, -0.25) is 4.90 Å². The summed E-state index contributed by atoms with van der Waals surface area (Å²) in [6.07, 6.45) is 5.22. The smallest absolute Gasteiger partial charge is 0.0386 e. The van der Waals surface area contributed by atoms with Gasteiger partial charge in [0.25, 0.3) is 0 Å². The van der Waals surface area contributed by atoms with Crippen LogP contribution in [0.2, 0.25) is 0 Å². The molecular formula is C16H28N2S. The Morgan fingerprint density at radius 1 is 1.32 bits per heavy atom. The Bertz CT molecular complexity index is 385. The lowest BCUT2D eigenvalue weighted by molar-refractivity contribution is -0.0459. The fraction of sp³-hybridized carbons (Fsp3) is 0.750. The number of likely N-dealkylation sites (N-methyl/N-ethyl adjacent to an activating group) is 1. The first-order valence-electron chi connectivity index (χ1n) is 7.53. The fourth-order valence-electron chi connectivity index (χ4n) is 3.81. The molecule has 19 heavy (non-hydrogen) atoms. The summed E-state index contributed by atoms with van der Waals surface area (Å²) in [5, 5.41) is 2.17. The van der Waals surface area contributed by atoms with Crippen molar-refractivity contribution in [3.05, 3.63) is 22.4 Å². The Hall–Kier alpha value is -0.380. The van der Waals surface area contributed by atoms with Crippen molar-refractivity contribution in [1.82, 2.24) is 4.90 Å². The Labute approximate surface area is 122 Å². The Kier molecular flexibility index (Phi) is 4.70. The van der Waals surface area contributed by atoms with Crippen LogP contribution in [0.15, 0.2) is 17.5 Å². The van der Waals surface area contributed by atoms with Crippen molar-refractivity contribution >= 4 is 11.3 Å². The molecule has 1 heterocycles. The van der Waals surface area contributed by atoms with Crippen LogP contribution in [0, 0.1) is 5.41 Å². The lowest BCUT2D eigenvalue weighted by Gasteiger charge is -2.56. The molecule has 1 aliphatic rings. The van der Waals surface area contributed by atoms with Gasteiger partial charge in [-0.05, 0) is 36.2 Å². The highest BCUT2D eigenvalue weighted by atomic mass is 32.1. The fourth-order valence-corrected chi connectivity index (χ4v) is 4.52. The van der Waals surface area contributed by atoms with Crippen molar-refractivity contribution in [1.29, 1.82) is 0 Å². The second kappa shape index (κ2) is 5.94. The summed E-state index contributed by atoms with van der Waals surface area (Å²) in [5.41, 5.74) is 6.76. The first-order valence-corrected chi connectivity index (χ1v) is 8.41. The predicted molar refractivity (Wildman–Crippen MR) is 84.4 cm³/mol. The SMILES string of the molecule is CCN(Cc1cccs1)C1(CN)CCCCC1(C)C. The highest BCUT2D eigenvalue weighted by Gasteiger charge is 2.48. The van der Waals surface area contributed by atoms with Crippen LogP contribution < -0.4 is 5.73 Å². The second-order valence-electron chi connectivity index (χ2n) is 6.42. The maximum absolute atomic E-state index is 6.28. The minimum Gasteiger partial charge on any atom is -0.329 e. The molecule has 2 rings (SSSR count). The van der Waals surface area contributed by atoms with Crippen molar-refractivity contribution < 1.29 is 0 Å². The summed E-state index contributed by atoms with van der Waals surface area (Å²) in [7, 11) is 0. The third-order valence-electron chi connectivity index (χ3n) is 5.15. The number of nitrogens with two attached hydrogens (primary N) is 1. The van der Waals surface area contributed by atoms with Gasteiger partial charge >= 0.3 is 0 Å². The largest absolute Gasteiger partial charge is 0.329 e. The minimum atomic E-state index is 0.171. The van der Waals surface area contributed by atoms with Crippen LogP contribution in [0.25, 0.3) is 0 Å². The van der Waals surface area contributed by atoms with E-state index in [0.717, 1.165) is 19.6 Å². The van der Waals surface area contributed by atoms with E-state index in [0.29, 0.717) is 5.41 Å². The van der Waals surface area contributed by atoms with E-state index in [-0.39, 0.29) is 5.54 Å². The lowest BCUT2D eigenvalue weighted by atomic mass is 9.62. The molecule has 0 amide bonds. The topological polar surface area (TPSA) is 29.3 Å². The standard InChI is InChI=1S/C16H28N2S/c1-4-18(12-14-8-7-11-19-14)16(13-17)10-6-5-9-15(16,2)3/h7-8,11H,4-6,9-10,12-13,17H2,1-3H3. The molecule has 0 aliphatic heterocycles. The molecule has 2 N–H and O–H groups in total. The van der Waals surface area contributed by atoms with Crippen molar-refractivity contribution in [3.63, 3.8) is 0 Å². The highest BCUT2D eigenvalue weighted by molar-refractivity contribution is 7.09. The number of thiophene rings is 1. The van der Waals surface area contributed by atoms with Gasteiger partial charge in [0.05, 0.1) is 0 Å². The van der Waals surface area contributed by atoms with Crippen molar-refractivity contribution in [2.75, 3.05) is 13.1 Å². The number of rotatable bonds is 5. The zero-order valence-electron chi connectivity index (χ0n) is 12.6. The van der Waals surface area contributed by atoms with E-state index in [1.807, 2.05) is 11.3 Å². The maximum Gasteiger partial charge on any atom is 0.0386 e. The van der Waals surface area contributed by atoms with E-state index < -0.39 is 0 Å². The van der Waals surface area contributed by atoms with E-state index in [2.05, 4.69) is 43.2 Å². The van der Waals surface area contributed by atoms with Gasteiger partial charge in [0.1, 0.15) is 0 Å². The zero-order chi connectivity index (χ0) is 13.9. The van der Waals surface area contributed by atoms with Crippen LogP contribution >= 0.6 is 11.3 Å². The molecule has 0 spiro atoms. The van der Waals surface area contributed by atoms with Gasteiger partial charge in [0, 0.05) is 23.5 Å². The molecule has 0 aromatic carbocycles.